The topological polar surface area (TPSA) is 88.2 Å². The van der Waals surface area contributed by atoms with Gasteiger partial charge in [0.1, 0.15) is 5.00 Å². The standard InChI is InChI=1S/C17H23N3O5S/c1-3-25-16(22)14-12-4-5-20(11(2)21)10-13(12)26-15(14)18-17(23)19-6-8-24-9-7-19/h3-10H2,1-2H3,(H,18,23). The number of hydrogen-bond donors (Lipinski definition) is 1. The highest BCUT2D eigenvalue weighted by atomic mass is 32.1. The second-order valence-corrected chi connectivity index (χ2v) is 7.25. The number of carbonyl (C=O) groups excluding carboxylic acids is 3. The molecule has 0 spiro atoms. The third-order valence-electron chi connectivity index (χ3n) is 4.50. The van der Waals surface area contributed by atoms with Crippen LogP contribution in [0.2, 0.25) is 0 Å². The number of nitrogens with zero attached hydrogens (tertiary/aromatic N) is 2. The van der Waals surface area contributed by atoms with Gasteiger partial charge in [0, 0.05) is 31.4 Å². The summed E-state index contributed by atoms with van der Waals surface area (Å²) in [6.45, 7) is 6.61. The number of fused-ring (bicyclic) bond motifs is 1. The average molecular weight is 381 g/mol. The Morgan fingerprint density at radius 1 is 1.19 bits per heavy atom. The zero-order chi connectivity index (χ0) is 18.7. The molecule has 26 heavy (non-hydrogen) atoms. The Labute approximate surface area is 156 Å². The number of rotatable bonds is 3. The van der Waals surface area contributed by atoms with E-state index in [1.54, 1.807) is 16.7 Å². The minimum Gasteiger partial charge on any atom is -0.462 e. The van der Waals surface area contributed by atoms with E-state index in [0.29, 0.717) is 56.4 Å². The van der Waals surface area contributed by atoms with Crippen molar-refractivity contribution in [3.05, 3.63) is 16.0 Å². The first-order valence-electron chi connectivity index (χ1n) is 8.72. The van der Waals surface area contributed by atoms with Gasteiger partial charge < -0.3 is 19.3 Å². The average Bonchev–Trinajstić information content (AvgIpc) is 2.99. The van der Waals surface area contributed by atoms with Crippen LogP contribution >= 0.6 is 11.3 Å². The molecule has 1 N–H and O–H groups in total. The van der Waals surface area contributed by atoms with Gasteiger partial charge in [0.25, 0.3) is 0 Å². The van der Waals surface area contributed by atoms with Crippen molar-refractivity contribution in [2.24, 2.45) is 0 Å². The number of ether oxygens (including phenoxy) is 2. The molecule has 0 saturated carbocycles. The second-order valence-electron chi connectivity index (χ2n) is 6.15. The Hall–Kier alpha value is -2.13. The lowest BCUT2D eigenvalue weighted by Gasteiger charge is -2.26. The van der Waals surface area contributed by atoms with Gasteiger partial charge in [-0.25, -0.2) is 9.59 Å². The maximum absolute atomic E-state index is 12.5. The van der Waals surface area contributed by atoms with Gasteiger partial charge in [0.2, 0.25) is 5.91 Å². The smallest absolute Gasteiger partial charge is 0.341 e. The number of urea groups is 1. The van der Waals surface area contributed by atoms with Crippen molar-refractivity contribution in [2.45, 2.75) is 26.8 Å². The van der Waals surface area contributed by atoms with E-state index in [1.165, 1.54) is 18.3 Å². The molecule has 0 bridgehead atoms. The molecule has 8 nitrogen and oxygen atoms in total. The van der Waals surface area contributed by atoms with Gasteiger partial charge in [-0.1, -0.05) is 0 Å². The molecule has 1 saturated heterocycles. The van der Waals surface area contributed by atoms with Crippen molar-refractivity contribution in [1.29, 1.82) is 0 Å². The zero-order valence-corrected chi connectivity index (χ0v) is 15.8. The lowest BCUT2D eigenvalue weighted by atomic mass is 10.0. The van der Waals surface area contributed by atoms with Gasteiger partial charge in [-0.3, -0.25) is 10.1 Å². The summed E-state index contributed by atoms with van der Waals surface area (Å²) in [7, 11) is 0. The van der Waals surface area contributed by atoms with Crippen LogP contribution in [0.4, 0.5) is 9.80 Å². The maximum atomic E-state index is 12.5. The van der Waals surface area contributed by atoms with Crippen molar-refractivity contribution < 1.29 is 23.9 Å². The molecular formula is C17H23N3O5S. The van der Waals surface area contributed by atoms with Gasteiger partial charge in [0.15, 0.2) is 0 Å². The lowest BCUT2D eigenvalue weighted by molar-refractivity contribution is -0.129. The monoisotopic (exact) mass is 381 g/mol. The molecule has 3 amide bonds. The van der Waals surface area contributed by atoms with Crippen molar-refractivity contribution in [2.75, 3.05) is 44.8 Å². The molecule has 1 fully saturated rings. The number of thiophene rings is 1. The molecule has 3 heterocycles. The van der Waals surface area contributed by atoms with Gasteiger partial charge in [-0.2, -0.15) is 0 Å². The van der Waals surface area contributed by atoms with Crippen molar-refractivity contribution in [3.63, 3.8) is 0 Å². The Bertz CT molecular complexity index is 711. The summed E-state index contributed by atoms with van der Waals surface area (Å²) in [6, 6.07) is -0.249. The molecule has 0 aliphatic carbocycles. The molecule has 1 aromatic heterocycles. The first-order chi connectivity index (χ1) is 12.5. The molecule has 0 atom stereocenters. The Kier molecular flexibility index (Phi) is 5.77. The Morgan fingerprint density at radius 2 is 1.92 bits per heavy atom. The van der Waals surface area contributed by atoms with Crippen molar-refractivity contribution in [1.82, 2.24) is 9.80 Å². The zero-order valence-electron chi connectivity index (χ0n) is 15.0. The molecule has 142 valence electrons. The van der Waals surface area contributed by atoms with Crippen LogP contribution < -0.4 is 5.32 Å². The fraction of sp³-hybridized carbons (Fsp3) is 0.588. The van der Waals surface area contributed by atoms with E-state index in [9.17, 15) is 14.4 Å². The van der Waals surface area contributed by atoms with Crippen LogP contribution in [0.1, 0.15) is 34.6 Å². The minimum atomic E-state index is -0.432. The van der Waals surface area contributed by atoms with Crippen LogP contribution in [0.3, 0.4) is 0 Å². The number of esters is 1. The normalized spacial score (nSPS) is 16.8. The lowest BCUT2D eigenvalue weighted by Crippen LogP contribution is -2.43. The number of morpholine rings is 1. The highest BCUT2D eigenvalue weighted by Gasteiger charge is 2.31. The van der Waals surface area contributed by atoms with E-state index in [4.69, 9.17) is 9.47 Å². The predicted octanol–water partition coefficient (Wildman–Crippen LogP) is 1.69. The third-order valence-corrected chi connectivity index (χ3v) is 5.63. The third kappa shape index (κ3) is 3.83. The Morgan fingerprint density at radius 3 is 2.58 bits per heavy atom. The number of hydrogen-bond acceptors (Lipinski definition) is 6. The van der Waals surface area contributed by atoms with E-state index in [-0.39, 0.29) is 18.5 Å². The molecular weight excluding hydrogens is 358 g/mol. The van der Waals surface area contributed by atoms with E-state index in [1.807, 2.05) is 0 Å². The number of nitrogens with one attached hydrogen (secondary N) is 1. The molecule has 0 unspecified atom stereocenters. The van der Waals surface area contributed by atoms with Crippen LogP contribution in [-0.2, 0) is 27.2 Å². The summed E-state index contributed by atoms with van der Waals surface area (Å²) in [4.78, 5) is 41.0. The first-order valence-corrected chi connectivity index (χ1v) is 9.53. The Balaban J connectivity index is 1.87. The molecule has 3 rings (SSSR count). The molecule has 9 heteroatoms. The maximum Gasteiger partial charge on any atom is 0.341 e. The van der Waals surface area contributed by atoms with Crippen LogP contribution in [-0.4, -0.2) is 67.2 Å². The van der Waals surface area contributed by atoms with Crippen LogP contribution in [0.25, 0.3) is 0 Å². The highest BCUT2D eigenvalue weighted by Crippen LogP contribution is 2.37. The summed E-state index contributed by atoms with van der Waals surface area (Å²) < 4.78 is 10.5. The van der Waals surface area contributed by atoms with Crippen molar-refractivity contribution >= 4 is 34.2 Å². The fourth-order valence-electron chi connectivity index (χ4n) is 3.12. The first kappa shape index (κ1) is 18.7. The van der Waals surface area contributed by atoms with Gasteiger partial charge in [-0.05, 0) is 18.9 Å². The van der Waals surface area contributed by atoms with Gasteiger partial charge in [0.05, 0.1) is 31.9 Å². The highest BCUT2D eigenvalue weighted by molar-refractivity contribution is 7.17. The molecule has 0 aromatic carbocycles. The van der Waals surface area contributed by atoms with E-state index < -0.39 is 5.97 Å². The largest absolute Gasteiger partial charge is 0.462 e. The SMILES string of the molecule is CCOC(=O)c1c(NC(=O)N2CCOCC2)sc2c1CCN(C(C)=O)C2. The number of amides is 3. The summed E-state index contributed by atoms with van der Waals surface area (Å²) in [5.41, 5.74) is 1.31. The summed E-state index contributed by atoms with van der Waals surface area (Å²) >= 11 is 1.35. The number of carbonyl (C=O) groups is 3. The summed E-state index contributed by atoms with van der Waals surface area (Å²) in [5, 5.41) is 3.36. The summed E-state index contributed by atoms with van der Waals surface area (Å²) in [5.74, 6) is -0.431. The van der Waals surface area contributed by atoms with E-state index >= 15 is 0 Å². The molecule has 1 aromatic rings. The molecule has 2 aliphatic rings. The molecule has 0 radical (unpaired) electrons. The predicted molar refractivity (Wildman–Crippen MR) is 96.5 cm³/mol. The van der Waals surface area contributed by atoms with Gasteiger partial charge in [-0.15, -0.1) is 11.3 Å². The second kappa shape index (κ2) is 8.05. The van der Waals surface area contributed by atoms with E-state index in [2.05, 4.69) is 5.32 Å². The fourth-order valence-corrected chi connectivity index (χ4v) is 4.36. The van der Waals surface area contributed by atoms with Crippen LogP contribution in [0.5, 0.6) is 0 Å². The van der Waals surface area contributed by atoms with Crippen molar-refractivity contribution in [3.8, 4) is 0 Å². The minimum absolute atomic E-state index is 0.000590. The van der Waals surface area contributed by atoms with Crippen LogP contribution in [0.15, 0.2) is 0 Å². The van der Waals surface area contributed by atoms with E-state index in [0.717, 1.165) is 10.4 Å². The quantitative estimate of drug-likeness (QED) is 0.805. The van der Waals surface area contributed by atoms with Gasteiger partial charge >= 0.3 is 12.0 Å². The van der Waals surface area contributed by atoms with Crippen LogP contribution in [0, 0.1) is 0 Å². The number of anilines is 1. The molecule has 2 aliphatic heterocycles. The summed E-state index contributed by atoms with van der Waals surface area (Å²) in [6.07, 6.45) is 0.576.